The van der Waals surface area contributed by atoms with E-state index in [-0.39, 0.29) is 5.12 Å². The topological polar surface area (TPSA) is 20.3 Å². The summed E-state index contributed by atoms with van der Waals surface area (Å²) in [4.78, 5) is 12.8. The average molecular weight is 247 g/mol. The van der Waals surface area contributed by atoms with E-state index in [1.165, 1.54) is 11.8 Å². The van der Waals surface area contributed by atoms with Gasteiger partial charge in [0.15, 0.2) is 5.12 Å². The van der Waals surface area contributed by atoms with Crippen LogP contribution in [0.1, 0.15) is 18.9 Å². The molecule has 0 bridgehead atoms. The zero-order valence-corrected chi connectivity index (χ0v) is 11.3. The fraction of sp³-hybridized carbons (Fsp3) is 0.357. The van der Waals surface area contributed by atoms with Gasteiger partial charge < -0.3 is 4.90 Å². The van der Waals surface area contributed by atoms with Crippen LogP contribution in [-0.4, -0.2) is 25.0 Å². The average Bonchev–Trinajstić information content (AvgIpc) is 2.28. The van der Waals surface area contributed by atoms with E-state index in [0.29, 0.717) is 0 Å². The van der Waals surface area contributed by atoms with E-state index in [9.17, 15) is 4.79 Å². The van der Waals surface area contributed by atoms with E-state index in [2.05, 4.69) is 11.8 Å². The number of benzene rings is 1. The molecule has 0 amide bonds. The summed E-state index contributed by atoms with van der Waals surface area (Å²) in [7, 11) is 4.01. The summed E-state index contributed by atoms with van der Waals surface area (Å²) in [5, 5.41) is 0.153. The van der Waals surface area contributed by atoms with Crippen LogP contribution in [0.2, 0.25) is 0 Å². The Balaban J connectivity index is 2.62. The molecule has 0 aliphatic heterocycles. The van der Waals surface area contributed by atoms with Crippen LogP contribution in [0.5, 0.6) is 0 Å². The first-order valence-corrected chi connectivity index (χ1v) is 6.48. The molecule has 0 heterocycles. The molecule has 0 radical (unpaired) electrons. The number of rotatable bonds is 3. The normalized spacial score (nSPS) is 9.35. The summed E-state index contributed by atoms with van der Waals surface area (Å²) in [6.07, 6.45) is 0.742. The number of hydrogen-bond donors (Lipinski definition) is 0. The van der Waals surface area contributed by atoms with Crippen molar-refractivity contribution in [3.8, 4) is 11.8 Å². The lowest BCUT2D eigenvalue weighted by molar-refractivity contribution is -0.109. The van der Waals surface area contributed by atoms with Crippen molar-refractivity contribution in [2.24, 2.45) is 0 Å². The highest BCUT2D eigenvalue weighted by Crippen LogP contribution is 2.16. The summed E-state index contributed by atoms with van der Waals surface area (Å²) in [5.74, 6) is 7.02. The number of anilines is 1. The van der Waals surface area contributed by atoms with E-state index in [1.807, 2.05) is 43.3 Å². The zero-order chi connectivity index (χ0) is 12.7. The third-order valence-corrected chi connectivity index (χ3v) is 2.96. The molecular weight excluding hydrogens is 230 g/mol. The molecule has 0 saturated carbocycles. The van der Waals surface area contributed by atoms with Crippen LogP contribution in [0.25, 0.3) is 0 Å². The number of carbonyl (C=O) groups is 1. The molecule has 0 N–H and O–H groups in total. The molecule has 0 saturated heterocycles. The van der Waals surface area contributed by atoms with Crippen molar-refractivity contribution >= 4 is 22.6 Å². The van der Waals surface area contributed by atoms with Crippen molar-refractivity contribution in [3.63, 3.8) is 0 Å². The van der Waals surface area contributed by atoms with Gasteiger partial charge in [-0.05, 0) is 12.1 Å². The molecule has 0 aliphatic rings. The first-order chi connectivity index (χ1) is 8.11. The maximum atomic E-state index is 10.7. The van der Waals surface area contributed by atoms with Gasteiger partial charge >= 0.3 is 0 Å². The fourth-order valence-corrected chi connectivity index (χ4v) is 1.86. The largest absolute Gasteiger partial charge is 0.377 e. The van der Waals surface area contributed by atoms with E-state index in [0.717, 1.165) is 23.4 Å². The summed E-state index contributed by atoms with van der Waals surface area (Å²) in [6.45, 7) is 1.58. The van der Waals surface area contributed by atoms with Crippen LogP contribution in [-0.2, 0) is 4.79 Å². The van der Waals surface area contributed by atoms with Crippen LogP contribution >= 0.6 is 11.8 Å². The van der Waals surface area contributed by atoms with Gasteiger partial charge in [-0.25, -0.2) is 0 Å². The van der Waals surface area contributed by atoms with E-state index in [1.54, 1.807) is 6.92 Å². The monoisotopic (exact) mass is 247 g/mol. The predicted octanol–water partition coefficient (Wildman–Crippen LogP) is 2.77. The number of hydrogen-bond acceptors (Lipinski definition) is 3. The Hall–Kier alpha value is -1.40. The third-order valence-electron chi connectivity index (χ3n) is 2.14. The van der Waals surface area contributed by atoms with Crippen LogP contribution in [0.15, 0.2) is 24.3 Å². The van der Waals surface area contributed by atoms with Gasteiger partial charge in [-0.15, -0.1) is 0 Å². The second-order valence-electron chi connectivity index (χ2n) is 3.80. The Labute approximate surface area is 107 Å². The van der Waals surface area contributed by atoms with E-state index < -0.39 is 0 Å². The maximum absolute atomic E-state index is 10.7. The van der Waals surface area contributed by atoms with Crippen LogP contribution in [0.3, 0.4) is 0 Å². The molecule has 1 aromatic rings. The highest BCUT2D eigenvalue weighted by Gasteiger charge is 1.99. The molecule has 0 aliphatic carbocycles. The van der Waals surface area contributed by atoms with Gasteiger partial charge in [-0.3, -0.25) is 4.79 Å². The number of para-hydroxylation sites is 1. The fourth-order valence-electron chi connectivity index (χ4n) is 1.37. The Morgan fingerprint density at radius 2 is 2.06 bits per heavy atom. The van der Waals surface area contributed by atoms with Gasteiger partial charge in [0.25, 0.3) is 0 Å². The molecule has 1 rings (SSSR count). The summed E-state index contributed by atoms with van der Waals surface area (Å²) in [5.41, 5.74) is 2.16. The second kappa shape index (κ2) is 7.03. The van der Waals surface area contributed by atoms with Crippen LogP contribution < -0.4 is 4.90 Å². The minimum Gasteiger partial charge on any atom is -0.377 e. The zero-order valence-electron chi connectivity index (χ0n) is 10.5. The van der Waals surface area contributed by atoms with Gasteiger partial charge in [0.1, 0.15) is 0 Å². The SMILES string of the molecule is CC(=O)SCCC#Cc1ccccc1N(C)C. The van der Waals surface area contributed by atoms with Gasteiger partial charge in [0.2, 0.25) is 0 Å². The van der Waals surface area contributed by atoms with Crippen molar-refractivity contribution in [2.75, 3.05) is 24.7 Å². The lowest BCUT2D eigenvalue weighted by Crippen LogP contribution is -2.09. The number of thioether (sulfide) groups is 1. The summed E-state index contributed by atoms with van der Waals surface area (Å²) in [6, 6.07) is 8.06. The molecule has 0 fully saturated rings. The van der Waals surface area contributed by atoms with E-state index >= 15 is 0 Å². The standard InChI is InChI=1S/C14H17NOS/c1-12(16)17-11-7-6-9-13-8-4-5-10-14(13)15(2)3/h4-5,8,10H,7,11H2,1-3H3. The van der Waals surface area contributed by atoms with Gasteiger partial charge in [0.05, 0.1) is 5.69 Å². The Kier molecular flexibility index (Phi) is 5.65. The Morgan fingerprint density at radius 3 is 2.71 bits per heavy atom. The molecule has 3 heteroatoms. The highest BCUT2D eigenvalue weighted by molar-refractivity contribution is 8.13. The number of carbonyl (C=O) groups excluding carboxylic acids is 1. The molecule has 0 unspecified atom stereocenters. The second-order valence-corrected chi connectivity index (χ2v) is 5.08. The molecule has 0 atom stereocenters. The van der Waals surface area contributed by atoms with E-state index in [4.69, 9.17) is 0 Å². The maximum Gasteiger partial charge on any atom is 0.185 e. The molecular formula is C14H17NOS. The highest BCUT2D eigenvalue weighted by atomic mass is 32.2. The van der Waals surface area contributed by atoms with Crippen molar-refractivity contribution in [1.29, 1.82) is 0 Å². The van der Waals surface area contributed by atoms with Crippen LogP contribution in [0, 0.1) is 11.8 Å². The van der Waals surface area contributed by atoms with Gasteiger partial charge in [-0.2, -0.15) is 0 Å². The third kappa shape index (κ3) is 4.97. The summed E-state index contributed by atoms with van der Waals surface area (Å²) >= 11 is 1.33. The predicted molar refractivity (Wildman–Crippen MR) is 75.4 cm³/mol. The van der Waals surface area contributed by atoms with Crippen molar-refractivity contribution in [3.05, 3.63) is 29.8 Å². The lowest BCUT2D eigenvalue weighted by Gasteiger charge is -2.13. The minimum atomic E-state index is 0.153. The molecule has 2 nitrogen and oxygen atoms in total. The minimum absolute atomic E-state index is 0.153. The lowest BCUT2D eigenvalue weighted by atomic mass is 10.1. The van der Waals surface area contributed by atoms with Crippen molar-refractivity contribution < 1.29 is 4.79 Å². The smallest absolute Gasteiger partial charge is 0.185 e. The van der Waals surface area contributed by atoms with Crippen LogP contribution in [0.4, 0.5) is 5.69 Å². The first-order valence-electron chi connectivity index (χ1n) is 5.50. The summed E-state index contributed by atoms with van der Waals surface area (Å²) < 4.78 is 0. The number of nitrogens with zero attached hydrogens (tertiary/aromatic N) is 1. The van der Waals surface area contributed by atoms with Crippen molar-refractivity contribution in [1.82, 2.24) is 0 Å². The molecule has 0 spiro atoms. The quantitative estimate of drug-likeness (QED) is 0.605. The Bertz CT molecular complexity index is 443. The first kappa shape index (κ1) is 13.7. The molecule has 17 heavy (non-hydrogen) atoms. The molecule has 90 valence electrons. The Morgan fingerprint density at radius 1 is 1.35 bits per heavy atom. The van der Waals surface area contributed by atoms with Gasteiger partial charge in [0, 0.05) is 38.8 Å². The van der Waals surface area contributed by atoms with Gasteiger partial charge in [-0.1, -0.05) is 35.7 Å². The van der Waals surface area contributed by atoms with Crippen molar-refractivity contribution in [2.45, 2.75) is 13.3 Å². The molecule has 1 aromatic carbocycles. The molecule has 0 aromatic heterocycles.